The Morgan fingerprint density at radius 3 is 2.62 bits per heavy atom. The number of carbonyl (C=O) groups is 1. The highest BCUT2D eigenvalue weighted by Gasteiger charge is 2.60. The van der Waals surface area contributed by atoms with E-state index in [-0.39, 0.29) is 45.7 Å². The van der Waals surface area contributed by atoms with Crippen LogP contribution in [-0.4, -0.2) is 56.7 Å². The van der Waals surface area contributed by atoms with Gasteiger partial charge in [-0.3, -0.25) is 9.78 Å². The van der Waals surface area contributed by atoms with Gasteiger partial charge in [0.25, 0.3) is 12.3 Å². The number of anilines is 2. The third-order valence-corrected chi connectivity index (χ3v) is 7.99. The monoisotopic (exact) mass is 539 g/mol. The molecule has 1 aromatic carbocycles. The topological polar surface area (TPSA) is 97.7 Å². The highest BCUT2D eigenvalue weighted by atomic mass is 32.2. The molecule has 2 atom stereocenters. The van der Waals surface area contributed by atoms with Gasteiger partial charge in [0, 0.05) is 38.0 Å². The maximum absolute atomic E-state index is 13.4. The van der Waals surface area contributed by atoms with Crippen LogP contribution >= 0.6 is 0 Å². The van der Waals surface area contributed by atoms with Gasteiger partial charge in [-0.1, -0.05) is 6.07 Å². The number of aromatic nitrogens is 1. The van der Waals surface area contributed by atoms with Gasteiger partial charge in [-0.15, -0.1) is 0 Å². The van der Waals surface area contributed by atoms with E-state index in [2.05, 4.69) is 15.3 Å². The minimum Gasteiger partial charge on any atom is -0.381 e. The zero-order valence-electron chi connectivity index (χ0n) is 19.9. The number of benzene rings is 1. The molecule has 12 heteroatoms. The molecule has 2 aromatic rings. The maximum Gasteiger partial charge on any atom is 0.277 e. The molecular weight excluding hydrogens is 514 g/mol. The molecule has 1 unspecified atom stereocenters. The first-order chi connectivity index (χ1) is 17.4. The van der Waals surface area contributed by atoms with E-state index in [0.29, 0.717) is 13.2 Å². The third kappa shape index (κ3) is 5.40. The molecule has 3 aliphatic rings. The molecule has 0 bridgehead atoms. The van der Waals surface area contributed by atoms with Crippen LogP contribution in [0.1, 0.15) is 42.1 Å². The Labute approximate surface area is 211 Å². The molecule has 1 saturated carbocycles. The van der Waals surface area contributed by atoms with E-state index >= 15 is 0 Å². The lowest BCUT2D eigenvalue weighted by molar-refractivity contribution is -0.121. The Kier molecular flexibility index (Phi) is 6.59. The van der Waals surface area contributed by atoms with Crippen LogP contribution in [0.25, 0.3) is 0 Å². The van der Waals surface area contributed by atoms with Crippen LogP contribution in [0, 0.1) is 5.92 Å². The number of ether oxygens (including phenoxy) is 1. The van der Waals surface area contributed by atoms with Crippen molar-refractivity contribution in [1.29, 1.82) is 0 Å². The highest BCUT2D eigenvalue weighted by molar-refractivity contribution is 7.90. The molecule has 3 heterocycles. The first kappa shape index (κ1) is 25.8. The van der Waals surface area contributed by atoms with Crippen LogP contribution in [0.5, 0.6) is 0 Å². The van der Waals surface area contributed by atoms with Crippen molar-refractivity contribution in [3.8, 4) is 0 Å². The van der Waals surface area contributed by atoms with Gasteiger partial charge in [0.1, 0.15) is 11.5 Å². The van der Waals surface area contributed by atoms with Crippen LogP contribution in [-0.2, 0) is 32.2 Å². The van der Waals surface area contributed by atoms with Crippen molar-refractivity contribution in [2.24, 2.45) is 10.9 Å². The van der Waals surface area contributed by atoms with Gasteiger partial charge in [-0.2, -0.15) is 0 Å². The largest absolute Gasteiger partial charge is 0.381 e. The second kappa shape index (κ2) is 9.46. The maximum atomic E-state index is 13.4. The molecule has 0 spiro atoms. The lowest BCUT2D eigenvalue weighted by Gasteiger charge is -2.23. The number of nitrogens with one attached hydrogen (secondary N) is 1. The molecular formula is C25H25F4N3O4S. The lowest BCUT2D eigenvalue weighted by Crippen LogP contribution is -2.16. The molecule has 0 radical (unpaired) electrons. The quantitative estimate of drug-likeness (QED) is 0.485. The zero-order valence-corrected chi connectivity index (χ0v) is 20.8. The van der Waals surface area contributed by atoms with Gasteiger partial charge in [-0.05, 0) is 36.6 Å². The Balaban J connectivity index is 1.51. The number of alkyl halides is 4. The second-order valence-electron chi connectivity index (χ2n) is 9.76. The van der Waals surface area contributed by atoms with E-state index in [0.717, 1.165) is 24.7 Å². The predicted octanol–water partition coefficient (Wildman–Crippen LogP) is 4.78. The minimum absolute atomic E-state index is 0.00689. The number of carbonyl (C=O) groups excluding carboxylic acids is 1. The summed E-state index contributed by atoms with van der Waals surface area (Å²) >= 11 is 0. The fraction of sp³-hybridized carbons (Fsp3) is 0.480. The summed E-state index contributed by atoms with van der Waals surface area (Å²) in [6.07, 6.45) is -1.22. The number of Topliss-reactive ketones (excluding diaryl/α,β-unsaturated/α-hetero) is 1. The summed E-state index contributed by atoms with van der Waals surface area (Å²) in [4.78, 5) is 20.6. The number of ketones is 1. The number of hydrogen-bond acceptors (Lipinski definition) is 7. The Hall–Kier alpha value is -2.86. The van der Waals surface area contributed by atoms with Crippen LogP contribution in [0.2, 0.25) is 0 Å². The molecule has 1 aromatic heterocycles. The van der Waals surface area contributed by atoms with Crippen LogP contribution in [0.3, 0.4) is 0 Å². The van der Waals surface area contributed by atoms with Gasteiger partial charge in [0.2, 0.25) is 0 Å². The molecule has 7 nitrogen and oxygen atoms in total. The van der Waals surface area contributed by atoms with E-state index in [1.165, 1.54) is 6.07 Å². The third-order valence-electron chi connectivity index (χ3n) is 6.85. The summed E-state index contributed by atoms with van der Waals surface area (Å²) in [6, 6.07) is 6.33. The van der Waals surface area contributed by atoms with Gasteiger partial charge in [-0.25, -0.2) is 31.0 Å². The molecule has 37 heavy (non-hydrogen) atoms. The number of rotatable bonds is 8. The van der Waals surface area contributed by atoms with E-state index in [1.54, 1.807) is 18.2 Å². The van der Waals surface area contributed by atoms with E-state index in [1.807, 2.05) is 0 Å². The highest BCUT2D eigenvalue weighted by Crippen LogP contribution is 2.49. The van der Waals surface area contributed by atoms with Gasteiger partial charge in [0.15, 0.2) is 9.84 Å². The van der Waals surface area contributed by atoms with Crippen molar-refractivity contribution in [3.05, 3.63) is 41.2 Å². The molecule has 1 saturated heterocycles. The summed E-state index contributed by atoms with van der Waals surface area (Å²) < 4.78 is 84.5. The number of hydrogen-bond donors (Lipinski definition) is 1. The number of halogens is 4. The number of aliphatic imine (C=N–C) groups is 1. The van der Waals surface area contributed by atoms with Crippen molar-refractivity contribution >= 4 is 38.4 Å². The van der Waals surface area contributed by atoms with Gasteiger partial charge >= 0.3 is 0 Å². The summed E-state index contributed by atoms with van der Waals surface area (Å²) in [5.41, 5.74) is 1.15. The molecule has 1 N–H and O–H groups in total. The zero-order chi connectivity index (χ0) is 26.5. The number of pyridine rings is 1. The molecule has 2 fully saturated rings. The fourth-order valence-corrected chi connectivity index (χ4v) is 5.65. The van der Waals surface area contributed by atoms with Crippen LogP contribution in [0.15, 0.2) is 34.2 Å². The summed E-state index contributed by atoms with van der Waals surface area (Å²) in [5.74, 6) is -5.05. The first-order valence-corrected chi connectivity index (χ1v) is 13.8. The van der Waals surface area contributed by atoms with Crippen LogP contribution in [0.4, 0.5) is 34.6 Å². The van der Waals surface area contributed by atoms with Crippen molar-refractivity contribution < 1.29 is 35.5 Å². The average molecular weight is 540 g/mol. The van der Waals surface area contributed by atoms with Crippen LogP contribution < -0.4 is 5.32 Å². The standard InChI is InChI=1S/C25H25F4N3O4S/c1-37(34,35)22-7-13(14-3-2-6-36-12-14)4-5-17(22)31-18-8-15(9-21(33)16-11-25(16,28)29)30-19-10-20(24(26)27)32-23(18)19/h4-5,7-8,14,16,24H,2-3,6,9-12H2,1H3,(H,30,31)/t14-,16?/m0/s1. The van der Waals surface area contributed by atoms with Crippen molar-refractivity contribution in [1.82, 2.24) is 4.98 Å². The SMILES string of the molecule is CS(=O)(=O)c1cc([C@H]2CCCOC2)ccc1Nc1cc(CC(=O)C2CC2(F)F)nc2c1N=C(C(F)F)C2. The van der Waals surface area contributed by atoms with Crippen molar-refractivity contribution in [3.63, 3.8) is 0 Å². The molecule has 5 rings (SSSR count). The molecule has 2 aliphatic heterocycles. The molecule has 198 valence electrons. The van der Waals surface area contributed by atoms with Crippen molar-refractivity contribution in [2.45, 2.75) is 55.3 Å². The second-order valence-corrected chi connectivity index (χ2v) is 11.7. The number of nitrogens with zero attached hydrogens (tertiary/aromatic N) is 2. The summed E-state index contributed by atoms with van der Waals surface area (Å²) in [6.45, 7) is 1.14. The summed E-state index contributed by atoms with van der Waals surface area (Å²) in [5, 5.41) is 2.98. The van der Waals surface area contributed by atoms with E-state index in [9.17, 15) is 30.8 Å². The normalized spacial score (nSPS) is 22.5. The van der Waals surface area contributed by atoms with E-state index in [4.69, 9.17) is 4.74 Å². The molecule has 1 aliphatic carbocycles. The summed E-state index contributed by atoms with van der Waals surface area (Å²) in [7, 11) is -3.71. The Morgan fingerprint density at radius 1 is 1.24 bits per heavy atom. The average Bonchev–Trinajstić information content (AvgIpc) is 3.27. The first-order valence-electron chi connectivity index (χ1n) is 11.9. The Morgan fingerprint density at radius 2 is 2.00 bits per heavy atom. The number of fused-ring (bicyclic) bond motifs is 1. The van der Waals surface area contributed by atoms with Crippen molar-refractivity contribution in [2.75, 3.05) is 24.8 Å². The lowest BCUT2D eigenvalue weighted by atomic mass is 9.93. The predicted molar refractivity (Wildman–Crippen MR) is 128 cm³/mol. The molecule has 0 amide bonds. The van der Waals surface area contributed by atoms with E-state index < -0.39 is 52.4 Å². The smallest absolute Gasteiger partial charge is 0.277 e. The minimum atomic E-state index is -3.71. The number of sulfone groups is 1. The van der Waals surface area contributed by atoms with Gasteiger partial charge < -0.3 is 10.1 Å². The Bertz CT molecular complexity index is 1390. The fourth-order valence-electron chi connectivity index (χ4n) is 4.78. The van der Waals surface area contributed by atoms with Gasteiger partial charge in [0.05, 0.1) is 45.9 Å².